The van der Waals surface area contributed by atoms with Crippen molar-refractivity contribution in [1.29, 1.82) is 5.41 Å². The highest BCUT2D eigenvalue weighted by molar-refractivity contribution is 5.89. The third-order valence-electron chi connectivity index (χ3n) is 7.79. The molecule has 2 aliphatic rings. The fourth-order valence-corrected chi connectivity index (χ4v) is 5.43. The van der Waals surface area contributed by atoms with Crippen molar-refractivity contribution in [3.8, 4) is 0 Å². The summed E-state index contributed by atoms with van der Waals surface area (Å²) in [7, 11) is 0. The van der Waals surface area contributed by atoms with Gasteiger partial charge in [0.15, 0.2) is 0 Å². The summed E-state index contributed by atoms with van der Waals surface area (Å²) in [5.74, 6) is 1.00. The zero-order valence-electron chi connectivity index (χ0n) is 21.7. The Morgan fingerprint density at radius 1 is 1.05 bits per heavy atom. The Morgan fingerprint density at radius 3 is 2.51 bits per heavy atom. The molecule has 0 bridgehead atoms. The fourth-order valence-electron chi connectivity index (χ4n) is 5.43. The molecule has 0 radical (unpaired) electrons. The van der Waals surface area contributed by atoms with Crippen LogP contribution in [0.15, 0.2) is 79.0 Å². The minimum atomic E-state index is -0.278. The molecule has 0 amide bonds. The maximum atomic E-state index is 13.7. The van der Waals surface area contributed by atoms with Crippen LogP contribution < -0.4 is 10.2 Å². The summed E-state index contributed by atoms with van der Waals surface area (Å²) < 4.78 is 13.7. The molecule has 3 aromatic carbocycles. The van der Waals surface area contributed by atoms with Crippen molar-refractivity contribution in [3.05, 3.63) is 102 Å². The SMILES string of the molecule is C=C(C1CCN(Cc2cccc(Nc3cccc(F)c3)c2C=N)CC1)N(CC1CC1)c1ccccc1C. The highest BCUT2D eigenvalue weighted by Crippen LogP contribution is 2.37. The van der Waals surface area contributed by atoms with Crippen molar-refractivity contribution in [2.24, 2.45) is 11.8 Å². The van der Waals surface area contributed by atoms with Crippen LogP contribution in [-0.4, -0.2) is 30.7 Å². The summed E-state index contributed by atoms with van der Waals surface area (Å²) >= 11 is 0. The molecule has 3 aromatic rings. The normalized spacial score (nSPS) is 16.4. The predicted molar refractivity (Wildman–Crippen MR) is 152 cm³/mol. The highest BCUT2D eigenvalue weighted by Gasteiger charge is 2.30. The number of hydrogen-bond donors (Lipinski definition) is 2. The van der Waals surface area contributed by atoms with E-state index in [1.807, 2.05) is 18.2 Å². The molecular weight excluding hydrogens is 459 g/mol. The van der Waals surface area contributed by atoms with Crippen LogP contribution in [0.25, 0.3) is 0 Å². The van der Waals surface area contributed by atoms with Gasteiger partial charge < -0.3 is 15.6 Å². The first kappa shape index (κ1) is 25.2. The molecule has 1 saturated heterocycles. The lowest BCUT2D eigenvalue weighted by molar-refractivity contribution is 0.190. The van der Waals surface area contributed by atoms with E-state index in [1.165, 1.54) is 48.1 Å². The number of likely N-dealkylation sites (tertiary alicyclic amines) is 1. The van der Waals surface area contributed by atoms with Crippen molar-refractivity contribution < 1.29 is 4.39 Å². The van der Waals surface area contributed by atoms with E-state index < -0.39 is 0 Å². The van der Waals surface area contributed by atoms with Gasteiger partial charge in [0, 0.05) is 53.5 Å². The van der Waals surface area contributed by atoms with Gasteiger partial charge in [0.25, 0.3) is 0 Å². The van der Waals surface area contributed by atoms with Gasteiger partial charge in [-0.1, -0.05) is 43.0 Å². The third-order valence-corrected chi connectivity index (χ3v) is 7.79. The number of nitrogens with zero attached hydrogens (tertiary/aromatic N) is 2. The number of hydrogen-bond acceptors (Lipinski definition) is 4. The first-order chi connectivity index (χ1) is 18.0. The predicted octanol–water partition coefficient (Wildman–Crippen LogP) is 7.52. The first-order valence-corrected chi connectivity index (χ1v) is 13.4. The largest absolute Gasteiger partial charge is 0.355 e. The number of allylic oxidation sites excluding steroid dienone is 1. The van der Waals surface area contributed by atoms with Gasteiger partial charge in [-0.05, 0) is 93.1 Å². The quantitative estimate of drug-likeness (QED) is 0.285. The lowest BCUT2D eigenvalue weighted by atomic mass is 9.92. The highest BCUT2D eigenvalue weighted by atomic mass is 19.1. The topological polar surface area (TPSA) is 42.4 Å². The molecule has 1 aliphatic carbocycles. The minimum absolute atomic E-state index is 0.278. The smallest absolute Gasteiger partial charge is 0.125 e. The Bertz CT molecular complexity index is 1260. The van der Waals surface area contributed by atoms with Crippen molar-refractivity contribution in [1.82, 2.24) is 4.90 Å². The second-order valence-electron chi connectivity index (χ2n) is 10.5. The molecular formula is C32H37FN4. The van der Waals surface area contributed by atoms with Crippen LogP contribution in [0, 0.1) is 30.0 Å². The van der Waals surface area contributed by atoms with Crippen LogP contribution in [0.2, 0.25) is 0 Å². The third kappa shape index (κ3) is 6.11. The van der Waals surface area contributed by atoms with Crippen molar-refractivity contribution in [2.75, 3.05) is 29.9 Å². The van der Waals surface area contributed by atoms with E-state index in [1.54, 1.807) is 6.07 Å². The zero-order chi connectivity index (χ0) is 25.8. The maximum absolute atomic E-state index is 13.7. The number of halogens is 1. The van der Waals surface area contributed by atoms with Crippen LogP contribution in [0.4, 0.5) is 21.5 Å². The number of anilines is 3. The van der Waals surface area contributed by atoms with E-state index in [4.69, 9.17) is 5.41 Å². The first-order valence-electron chi connectivity index (χ1n) is 13.4. The molecule has 0 unspecified atom stereocenters. The van der Waals surface area contributed by atoms with Crippen LogP contribution in [0.3, 0.4) is 0 Å². The van der Waals surface area contributed by atoms with Crippen LogP contribution in [-0.2, 0) is 6.54 Å². The second-order valence-corrected chi connectivity index (χ2v) is 10.5. The summed E-state index contributed by atoms with van der Waals surface area (Å²) in [6, 6.07) is 21.2. The monoisotopic (exact) mass is 496 g/mol. The second kappa shape index (κ2) is 11.3. The Hall–Kier alpha value is -3.44. The van der Waals surface area contributed by atoms with Crippen molar-refractivity contribution >= 4 is 23.3 Å². The Morgan fingerprint density at radius 2 is 1.81 bits per heavy atom. The molecule has 37 heavy (non-hydrogen) atoms. The lowest BCUT2D eigenvalue weighted by Crippen LogP contribution is -2.38. The number of rotatable bonds is 10. The standard InChI is InChI=1S/C32H37FN4/c1-23-7-3-4-12-32(23)37(21-25-13-14-25)24(2)26-15-17-36(18-16-26)22-27-8-5-11-31(30(27)20-34)35-29-10-6-9-28(33)19-29/h3-12,19-20,25-26,34-35H,2,13-18,21-22H2,1H3. The van der Waals surface area contributed by atoms with E-state index >= 15 is 0 Å². The number of piperidine rings is 1. The molecule has 5 rings (SSSR count). The Balaban J connectivity index is 1.24. The number of nitrogens with one attached hydrogen (secondary N) is 2. The molecule has 4 nitrogen and oxygen atoms in total. The number of benzene rings is 3. The van der Waals surface area contributed by atoms with Gasteiger partial charge in [-0.25, -0.2) is 4.39 Å². The van der Waals surface area contributed by atoms with Crippen LogP contribution >= 0.6 is 0 Å². The van der Waals surface area contributed by atoms with Crippen LogP contribution in [0.5, 0.6) is 0 Å². The molecule has 0 spiro atoms. The molecule has 1 saturated carbocycles. The van der Waals surface area contributed by atoms with Gasteiger partial charge in [-0.15, -0.1) is 0 Å². The Kier molecular flexibility index (Phi) is 7.71. The molecule has 1 heterocycles. The summed E-state index contributed by atoms with van der Waals surface area (Å²) in [5.41, 5.74) is 7.37. The Labute approximate surface area is 220 Å². The van der Waals surface area contributed by atoms with Gasteiger partial charge in [-0.2, -0.15) is 0 Å². The average Bonchev–Trinajstić information content (AvgIpc) is 3.72. The van der Waals surface area contributed by atoms with Crippen molar-refractivity contribution in [3.63, 3.8) is 0 Å². The maximum Gasteiger partial charge on any atom is 0.125 e. The van der Waals surface area contributed by atoms with Crippen molar-refractivity contribution in [2.45, 2.75) is 39.2 Å². The molecule has 0 aromatic heterocycles. The van der Waals surface area contributed by atoms with Gasteiger partial charge in [0.1, 0.15) is 5.82 Å². The molecule has 2 N–H and O–H groups in total. The van der Waals surface area contributed by atoms with Gasteiger partial charge in [0.05, 0.1) is 0 Å². The van der Waals surface area contributed by atoms with E-state index in [2.05, 4.69) is 59.0 Å². The van der Waals surface area contributed by atoms with E-state index in [0.717, 1.165) is 61.8 Å². The van der Waals surface area contributed by atoms with Gasteiger partial charge >= 0.3 is 0 Å². The van der Waals surface area contributed by atoms with E-state index in [-0.39, 0.29) is 5.82 Å². The summed E-state index contributed by atoms with van der Waals surface area (Å²) in [4.78, 5) is 4.99. The molecule has 0 atom stereocenters. The fraction of sp³-hybridized carbons (Fsp3) is 0.344. The van der Waals surface area contributed by atoms with Crippen LogP contribution in [0.1, 0.15) is 42.4 Å². The lowest BCUT2D eigenvalue weighted by Gasteiger charge is -2.38. The summed E-state index contributed by atoms with van der Waals surface area (Å²) in [5, 5.41) is 11.4. The van der Waals surface area contributed by atoms with E-state index in [0.29, 0.717) is 11.6 Å². The minimum Gasteiger partial charge on any atom is -0.355 e. The zero-order valence-corrected chi connectivity index (χ0v) is 21.7. The molecule has 1 aliphatic heterocycles. The van der Waals surface area contributed by atoms with E-state index in [9.17, 15) is 4.39 Å². The van der Waals surface area contributed by atoms with Gasteiger partial charge in [-0.3, -0.25) is 4.90 Å². The summed E-state index contributed by atoms with van der Waals surface area (Å²) in [6.07, 6.45) is 6.25. The number of aryl methyl sites for hydroxylation is 1. The van der Waals surface area contributed by atoms with Gasteiger partial charge in [0.2, 0.25) is 0 Å². The molecule has 2 fully saturated rings. The summed E-state index contributed by atoms with van der Waals surface area (Å²) in [6.45, 7) is 10.7. The molecule has 5 heteroatoms. The molecule has 192 valence electrons. The number of para-hydroxylation sites is 1. The average molecular weight is 497 g/mol.